The Morgan fingerprint density at radius 3 is 2.75 bits per heavy atom. The number of carbonyl (C=O) groups excluding carboxylic acids is 2. The fourth-order valence-electron chi connectivity index (χ4n) is 2.07. The van der Waals surface area contributed by atoms with Crippen molar-refractivity contribution in [3.8, 4) is 6.07 Å². The lowest BCUT2D eigenvalue weighted by molar-refractivity contribution is -0.125. The van der Waals surface area contributed by atoms with Crippen LogP contribution in [0.1, 0.15) is 6.42 Å². The van der Waals surface area contributed by atoms with E-state index in [1.807, 2.05) is 36.4 Å². The quantitative estimate of drug-likeness (QED) is 0.809. The first-order chi connectivity index (χ1) is 9.72. The van der Waals surface area contributed by atoms with Gasteiger partial charge in [0.05, 0.1) is 19.0 Å². The number of para-hydroxylation sites is 1. The summed E-state index contributed by atoms with van der Waals surface area (Å²) in [4.78, 5) is 25.2. The molecule has 1 aromatic rings. The van der Waals surface area contributed by atoms with Crippen LogP contribution < -0.4 is 15.5 Å². The first-order valence-electron chi connectivity index (χ1n) is 6.46. The summed E-state index contributed by atoms with van der Waals surface area (Å²) in [6, 6.07) is 10.8. The Morgan fingerprint density at radius 1 is 1.40 bits per heavy atom. The van der Waals surface area contributed by atoms with Gasteiger partial charge in [0.1, 0.15) is 6.04 Å². The molecule has 1 saturated heterocycles. The number of amides is 2. The second-order valence-electron chi connectivity index (χ2n) is 4.47. The molecule has 2 N–H and O–H groups in total. The van der Waals surface area contributed by atoms with Crippen LogP contribution in [0.15, 0.2) is 30.3 Å². The van der Waals surface area contributed by atoms with Crippen LogP contribution in [0.5, 0.6) is 0 Å². The first kappa shape index (κ1) is 14.0. The first-order valence-corrected chi connectivity index (χ1v) is 6.46. The van der Waals surface area contributed by atoms with Gasteiger partial charge in [0.25, 0.3) is 0 Å². The lowest BCUT2D eigenvalue weighted by Crippen LogP contribution is -2.59. The van der Waals surface area contributed by atoms with Gasteiger partial charge in [-0.1, -0.05) is 18.2 Å². The predicted molar refractivity (Wildman–Crippen MR) is 73.8 cm³/mol. The summed E-state index contributed by atoms with van der Waals surface area (Å²) in [6.45, 7) is 0.746. The van der Waals surface area contributed by atoms with Crippen molar-refractivity contribution >= 4 is 17.5 Å². The van der Waals surface area contributed by atoms with E-state index in [0.717, 1.165) is 5.69 Å². The van der Waals surface area contributed by atoms with Crippen molar-refractivity contribution in [2.75, 3.05) is 24.5 Å². The van der Waals surface area contributed by atoms with E-state index < -0.39 is 6.04 Å². The average molecular weight is 272 g/mol. The van der Waals surface area contributed by atoms with Gasteiger partial charge in [-0.2, -0.15) is 5.26 Å². The van der Waals surface area contributed by atoms with Crippen molar-refractivity contribution < 1.29 is 9.59 Å². The van der Waals surface area contributed by atoms with Crippen LogP contribution in [0.3, 0.4) is 0 Å². The minimum atomic E-state index is -0.452. The molecule has 1 unspecified atom stereocenters. The highest BCUT2D eigenvalue weighted by molar-refractivity contribution is 5.98. The van der Waals surface area contributed by atoms with Gasteiger partial charge in [-0.25, -0.2) is 0 Å². The molecule has 0 aliphatic carbocycles. The molecule has 1 aliphatic rings. The molecule has 1 aliphatic heterocycles. The topological polar surface area (TPSA) is 85.2 Å². The Hall–Kier alpha value is -2.39. The number of nitriles is 1. The highest BCUT2D eigenvalue weighted by atomic mass is 16.2. The second-order valence-corrected chi connectivity index (χ2v) is 4.47. The van der Waals surface area contributed by atoms with E-state index >= 15 is 0 Å². The van der Waals surface area contributed by atoms with Crippen LogP contribution in [0.2, 0.25) is 0 Å². The number of benzene rings is 1. The van der Waals surface area contributed by atoms with Crippen molar-refractivity contribution in [1.29, 1.82) is 5.26 Å². The molecule has 1 fully saturated rings. The molecule has 0 radical (unpaired) electrons. The van der Waals surface area contributed by atoms with Crippen LogP contribution in [-0.2, 0) is 9.59 Å². The summed E-state index contributed by atoms with van der Waals surface area (Å²) in [6.07, 6.45) is 0.264. The number of hydrogen-bond acceptors (Lipinski definition) is 4. The monoisotopic (exact) mass is 272 g/mol. The highest BCUT2D eigenvalue weighted by Gasteiger charge is 2.28. The SMILES string of the molecule is N#CCCN(C(=O)C1CNC(=O)CN1)c1ccccc1. The van der Waals surface area contributed by atoms with E-state index in [2.05, 4.69) is 10.6 Å². The summed E-state index contributed by atoms with van der Waals surface area (Å²) in [5, 5.41) is 14.3. The standard InChI is InChI=1S/C14H16N4O2/c15-7-4-8-18(11-5-2-1-3-6-11)14(20)12-9-17-13(19)10-16-12/h1-3,5-6,12,16H,4,8-10H2,(H,17,19). The van der Waals surface area contributed by atoms with Gasteiger partial charge >= 0.3 is 0 Å². The number of anilines is 1. The Balaban J connectivity index is 2.12. The van der Waals surface area contributed by atoms with Crippen molar-refractivity contribution in [3.05, 3.63) is 30.3 Å². The Labute approximate surface area is 117 Å². The molecule has 0 aromatic heterocycles. The predicted octanol–water partition coefficient (Wildman–Crippen LogP) is 0.0213. The Morgan fingerprint density at radius 2 is 2.15 bits per heavy atom. The third-order valence-corrected chi connectivity index (χ3v) is 3.09. The Bertz CT molecular complexity index is 514. The van der Waals surface area contributed by atoms with Crippen molar-refractivity contribution in [2.24, 2.45) is 0 Å². The zero-order valence-electron chi connectivity index (χ0n) is 11.0. The van der Waals surface area contributed by atoms with E-state index in [4.69, 9.17) is 5.26 Å². The molecular weight excluding hydrogens is 256 g/mol. The zero-order chi connectivity index (χ0) is 14.4. The minimum Gasteiger partial charge on any atom is -0.353 e. The maximum atomic E-state index is 12.5. The minimum absolute atomic E-state index is 0.114. The molecule has 2 amide bonds. The van der Waals surface area contributed by atoms with E-state index in [-0.39, 0.29) is 31.3 Å². The van der Waals surface area contributed by atoms with Crippen molar-refractivity contribution in [2.45, 2.75) is 12.5 Å². The average Bonchev–Trinajstić information content (AvgIpc) is 2.49. The zero-order valence-corrected chi connectivity index (χ0v) is 11.0. The molecule has 1 atom stereocenters. The molecule has 104 valence electrons. The van der Waals surface area contributed by atoms with Gasteiger partial charge in [-0.3, -0.25) is 14.9 Å². The van der Waals surface area contributed by atoms with E-state index in [1.165, 1.54) is 0 Å². The van der Waals surface area contributed by atoms with Gasteiger partial charge < -0.3 is 10.2 Å². The number of carbonyl (C=O) groups is 2. The molecule has 6 nitrogen and oxygen atoms in total. The van der Waals surface area contributed by atoms with Crippen LogP contribution in [0.25, 0.3) is 0 Å². The highest BCUT2D eigenvalue weighted by Crippen LogP contribution is 2.15. The summed E-state index contributed by atoms with van der Waals surface area (Å²) in [5.74, 6) is -0.246. The number of piperazine rings is 1. The normalized spacial score (nSPS) is 17.9. The summed E-state index contributed by atoms with van der Waals surface area (Å²) < 4.78 is 0. The van der Waals surface area contributed by atoms with Crippen LogP contribution >= 0.6 is 0 Å². The van der Waals surface area contributed by atoms with E-state index in [1.54, 1.807) is 4.90 Å². The smallest absolute Gasteiger partial charge is 0.245 e. The second kappa shape index (κ2) is 6.68. The fraction of sp³-hybridized carbons (Fsp3) is 0.357. The number of nitrogens with one attached hydrogen (secondary N) is 2. The number of hydrogen-bond donors (Lipinski definition) is 2. The van der Waals surface area contributed by atoms with E-state index in [0.29, 0.717) is 6.54 Å². The molecular formula is C14H16N4O2. The summed E-state index contributed by atoms with van der Waals surface area (Å²) >= 11 is 0. The van der Waals surface area contributed by atoms with Crippen molar-refractivity contribution in [3.63, 3.8) is 0 Å². The molecule has 2 rings (SSSR count). The molecule has 1 aromatic carbocycles. The van der Waals surface area contributed by atoms with Gasteiger partial charge in [0.2, 0.25) is 11.8 Å². The van der Waals surface area contributed by atoms with Crippen LogP contribution in [-0.4, -0.2) is 37.5 Å². The van der Waals surface area contributed by atoms with Gasteiger partial charge in [-0.05, 0) is 12.1 Å². The maximum absolute atomic E-state index is 12.5. The number of rotatable bonds is 4. The lowest BCUT2D eigenvalue weighted by Gasteiger charge is -2.29. The third-order valence-electron chi connectivity index (χ3n) is 3.09. The van der Waals surface area contributed by atoms with Crippen LogP contribution in [0.4, 0.5) is 5.69 Å². The molecule has 0 spiro atoms. The van der Waals surface area contributed by atoms with E-state index in [9.17, 15) is 9.59 Å². The summed E-state index contributed by atoms with van der Waals surface area (Å²) in [5.41, 5.74) is 0.756. The summed E-state index contributed by atoms with van der Waals surface area (Å²) in [7, 11) is 0. The third kappa shape index (κ3) is 3.33. The number of nitrogens with zero attached hydrogens (tertiary/aromatic N) is 2. The molecule has 20 heavy (non-hydrogen) atoms. The molecule has 6 heteroatoms. The largest absolute Gasteiger partial charge is 0.353 e. The lowest BCUT2D eigenvalue weighted by atomic mass is 10.1. The Kier molecular flexibility index (Phi) is 4.69. The molecule has 1 heterocycles. The molecule has 0 bridgehead atoms. The van der Waals surface area contributed by atoms with Crippen molar-refractivity contribution in [1.82, 2.24) is 10.6 Å². The van der Waals surface area contributed by atoms with Gasteiger partial charge in [0.15, 0.2) is 0 Å². The maximum Gasteiger partial charge on any atom is 0.245 e. The fourth-order valence-corrected chi connectivity index (χ4v) is 2.07. The molecule has 0 saturated carbocycles. The van der Waals surface area contributed by atoms with Gasteiger partial charge in [0, 0.05) is 18.8 Å². The van der Waals surface area contributed by atoms with Gasteiger partial charge in [-0.15, -0.1) is 0 Å². The van der Waals surface area contributed by atoms with Crippen LogP contribution in [0, 0.1) is 11.3 Å².